The number of imidazole rings is 2. The number of anilines is 1. The van der Waals surface area contributed by atoms with E-state index in [9.17, 15) is 9.18 Å². The molecular formula is C35H31ClFN9O3. The first-order valence-electron chi connectivity index (χ1n) is 16.0. The van der Waals surface area contributed by atoms with Crippen molar-refractivity contribution in [1.82, 2.24) is 39.4 Å². The van der Waals surface area contributed by atoms with E-state index < -0.39 is 5.82 Å². The van der Waals surface area contributed by atoms with Crippen molar-refractivity contribution in [2.75, 3.05) is 25.0 Å². The Hall–Kier alpha value is -5.24. The van der Waals surface area contributed by atoms with Crippen LogP contribution >= 0.6 is 11.6 Å². The number of aromatic nitrogens is 7. The largest absolute Gasteiger partial charge is 0.473 e. The fourth-order valence-corrected chi connectivity index (χ4v) is 6.16. The highest BCUT2D eigenvalue weighted by Gasteiger charge is 2.24. The first kappa shape index (κ1) is 31.1. The number of aromatic amines is 1. The molecule has 0 saturated carbocycles. The minimum atomic E-state index is -0.409. The topological polar surface area (TPSA) is 136 Å². The Labute approximate surface area is 285 Å². The summed E-state index contributed by atoms with van der Waals surface area (Å²) < 4.78 is 28.0. The molecule has 1 fully saturated rings. The lowest BCUT2D eigenvalue weighted by molar-refractivity contribution is -0.0591. The minimum absolute atomic E-state index is 0.0574. The molecule has 2 aromatic carbocycles. The molecule has 2 aliphatic rings. The molecule has 0 bridgehead atoms. The Morgan fingerprint density at radius 3 is 2.86 bits per heavy atom. The van der Waals surface area contributed by atoms with Gasteiger partial charge in [0.15, 0.2) is 5.65 Å². The summed E-state index contributed by atoms with van der Waals surface area (Å²) in [5.41, 5.74) is 5.68. The van der Waals surface area contributed by atoms with Crippen LogP contribution in [-0.2, 0) is 24.4 Å². The highest BCUT2D eigenvalue weighted by atomic mass is 35.5. The molecule has 4 aromatic heterocycles. The molecule has 8 rings (SSSR count). The number of hydrogen-bond donors (Lipinski definition) is 2. The number of carbonyl (C=O) groups is 1. The van der Waals surface area contributed by atoms with Gasteiger partial charge in [0.05, 0.1) is 48.4 Å². The van der Waals surface area contributed by atoms with Gasteiger partial charge >= 0.3 is 0 Å². The molecule has 2 N–H and O–H groups in total. The number of fused-ring (bicyclic) bond motifs is 2. The van der Waals surface area contributed by atoms with Crippen LogP contribution in [0, 0.1) is 5.82 Å². The zero-order valence-corrected chi connectivity index (χ0v) is 27.0. The second-order valence-corrected chi connectivity index (χ2v) is 12.4. The van der Waals surface area contributed by atoms with Crippen LogP contribution in [0.1, 0.15) is 40.3 Å². The first-order chi connectivity index (χ1) is 23.9. The maximum absolute atomic E-state index is 14.2. The Kier molecular flexibility index (Phi) is 8.46. The maximum atomic E-state index is 14.2. The third-order valence-electron chi connectivity index (χ3n) is 8.77. The zero-order valence-electron chi connectivity index (χ0n) is 26.3. The molecule has 0 aliphatic carbocycles. The predicted octanol–water partition coefficient (Wildman–Crippen LogP) is 5.80. The Balaban J connectivity index is 0.963. The van der Waals surface area contributed by atoms with Crippen molar-refractivity contribution in [3.63, 3.8) is 0 Å². The molecule has 1 amide bonds. The van der Waals surface area contributed by atoms with E-state index in [1.165, 1.54) is 12.4 Å². The molecular weight excluding hydrogens is 649 g/mol. The average molecular weight is 680 g/mol. The molecule has 0 radical (unpaired) electrons. The molecule has 6 aromatic rings. The van der Waals surface area contributed by atoms with Crippen LogP contribution in [0.3, 0.4) is 0 Å². The van der Waals surface area contributed by atoms with Gasteiger partial charge in [-0.2, -0.15) is 4.98 Å². The molecule has 12 nitrogen and oxygen atoms in total. The molecule has 14 heteroatoms. The van der Waals surface area contributed by atoms with Crippen LogP contribution in [0.4, 0.5) is 10.3 Å². The second kappa shape index (κ2) is 13.3. The first-order valence-corrected chi connectivity index (χ1v) is 16.4. The molecule has 6 heterocycles. The van der Waals surface area contributed by atoms with Gasteiger partial charge in [0.1, 0.15) is 23.8 Å². The molecule has 49 heavy (non-hydrogen) atoms. The Bertz CT molecular complexity index is 2210. The highest BCUT2D eigenvalue weighted by molar-refractivity contribution is 6.30. The van der Waals surface area contributed by atoms with Gasteiger partial charge < -0.3 is 19.0 Å². The number of nitrogens with zero attached hydrogens (tertiary/aromatic N) is 7. The van der Waals surface area contributed by atoms with Gasteiger partial charge in [0, 0.05) is 41.9 Å². The summed E-state index contributed by atoms with van der Waals surface area (Å²) >= 11 is 5.87. The van der Waals surface area contributed by atoms with Crippen molar-refractivity contribution in [2.45, 2.75) is 38.6 Å². The fraction of sp³-hybridized carbons (Fsp3) is 0.257. The van der Waals surface area contributed by atoms with Gasteiger partial charge in [-0.3, -0.25) is 15.0 Å². The number of pyridine rings is 1. The van der Waals surface area contributed by atoms with E-state index in [4.69, 9.17) is 26.1 Å². The number of benzene rings is 2. The number of H-pyrrole nitrogens is 1. The number of rotatable bonds is 10. The summed E-state index contributed by atoms with van der Waals surface area (Å²) in [4.78, 5) is 40.7. The van der Waals surface area contributed by atoms with Crippen LogP contribution in [0.15, 0.2) is 73.2 Å². The monoisotopic (exact) mass is 679 g/mol. The average Bonchev–Trinajstić information content (AvgIpc) is 3.70. The molecule has 1 saturated heterocycles. The van der Waals surface area contributed by atoms with Crippen molar-refractivity contribution in [1.29, 1.82) is 0 Å². The number of nitrogens with one attached hydrogen (secondary N) is 2. The number of hydrogen-bond acceptors (Lipinski definition) is 9. The van der Waals surface area contributed by atoms with Crippen molar-refractivity contribution in [3.05, 3.63) is 107 Å². The third kappa shape index (κ3) is 6.73. The standard InChI is InChI=1S/C35H31ClFN9O3/c36-24-6-4-23(26(37)15-24)19-49-32-3-1-2-27(42-32)21-8-11-45(12-9-21)18-31-41-28-14-22(5-7-30(28)46(31)17-25-10-13-48-25)34(47)44-35-38-16-29-33(43-35)40-20-39-29/h1-8,14-16,20,25H,9-13,17-19H2,(H2,38,39,40,43,44,47)/t25-/m0/s1. The van der Waals surface area contributed by atoms with E-state index in [0.29, 0.717) is 46.3 Å². The quantitative estimate of drug-likeness (QED) is 0.184. The molecule has 248 valence electrons. The van der Waals surface area contributed by atoms with Crippen molar-refractivity contribution in [2.24, 2.45) is 0 Å². The predicted molar refractivity (Wildman–Crippen MR) is 182 cm³/mol. The lowest BCUT2D eigenvalue weighted by atomic mass is 10.0. The van der Waals surface area contributed by atoms with Gasteiger partial charge in [-0.15, -0.1) is 0 Å². The lowest BCUT2D eigenvalue weighted by Crippen LogP contribution is -2.33. The molecule has 0 unspecified atom stereocenters. The SMILES string of the molecule is O=C(Nc1ncc2[nH]cnc2n1)c1ccc2c(c1)nc(CN1CC=C(c3cccc(OCc4ccc(Cl)cc4F)n3)CC1)n2C[C@@H]1CCO1. The minimum Gasteiger partial charge on any atom is -0.473 e. The Morgan fingerprint density at radius 1 is 1.12 bits per heavy atom. The van der Waals surface area contributed by atoms with E-state index in [-0.39, 0.29) is 24.6 Å². The van der Waals surface area contributed by atoms with E-state index in [1.807, 2.05) is 18.2 Å². The van der Waals surface area contributed by atoms with E-state index in [2.05, 4.69) is 45.8 Å². The molecule has 0 spiro atoms. The number of carbonyl (C=O) groups excluding carboxylic acids is 1. The van der Waals surface area contributed by atoms with Crippen molar-refractivity contribution < 1.29 is 18.7 Å². The summed E-state index contributed by atoms with van der Waals surface area (Å²) in [6.07, 6.45) is 7.23. The zero-order chi connectivity index (χ0) is 33.3. The van der Waals surface area contributed by atoms with Crippen molar-refractivity contribution >= 4 is 51.2 Å². The van der Waals surface area contributed by atoms with Gasteiger partial charge in [-0.25, -0.2) is 24.3 Å². The smallest absolute Gasteiger partial charge is 0.258 e. The van der Waals surface area contributed by atoms with Gasteiger partial charge in [0.25, 0.3) is 5.91 Å². The normalized spacial score (nSPS) is 16.4. The molecule has 1 atom stereocenters. The van der Waals surface area contributed by atoms with E-state index in [0.717, 1.165) is 60.7 Å². The Morgan fingerprint density at radius 2 is 2.04 bits per heavy atom. The van der Waals surface area contributed by atoms with Gasteiger partial charge in [-0.05, 0) is 54.8 Å². The maximum Gasteiger partial charge on any atom is 0.258 e. The summed E-state index contributed by atoms with van der Waals surface area (Å²) in [6.45, 7) is 3.68. The third-order valence-corrected chi connectivity index (χ3v) is 9.01. The van der Waals surface area contributed by atoms with E-state index in [1.54, 1.807) is 36.5 Å². The van der Waals surface area contributed by atoms with Crippen molar-refractivity contribution in [3.8, 4) is 5.88 Å². The fourth-order valence-electron chi connectivity index (χ4n) is 6.00. The lowest BCUT2D eigenvalue weighted by Gasteiger charge is -2.29. The number of amides is 1. The summed E-state index contributed by atoms with van der Waals surface area (Å²) in [7, 11) is 0. The number of ether oxygens (including phenoxy) is 2. The number of halogens is 2. The summed E-state index contributed by atoms with van der Waals surface area (Å²) in [5, 5.41) is 3.11. The van der Waals surface area contributed by atoms with Crippen LogP contribution < -0.4 is 10.1 Å². The highest BCUT2D eigenvalue weighted by Crippen LogP contribution is 2.27. The second-order valence-electron chi connectivity index (χ2n) is 12.0. The van der Waals surface area contributed by atoms with Crippen LogP contribution in [0.25, 0.3) is 27.8 Å². The van der Waals surface area contributed by atoms with Gasteiger partial charge in [0.2, 0.25) is 11.8 Å². The van der Waals surface area contributed by atoms with E-state index >= 15 is 0 Å². The van der Waals surface area contributed by atoms with Crippen LogP contribution in [-0.4, -0.2) is 71.1 Å². The van der Waals surface area contributed by atoms with Gasteiger partial charge in [-0.1, -0.05) is 29.8 Å². The van der Waals surface area contributed by atoms with Crippen LogP contribution in [0.2, 0.25) is 5.02 Å². The summed E-state index contributed by atoms with van der Waals surface area (Å²) in [5.74, 6) is 0.784. The van der Waals surface area contributed by atoms with Crippen LogP contribution in [0.5, 0.6) is 5.88 Å². The summed E-state index contributed by atoms with van der Waals surface area (Å²) in [6, 6.07) is 15.7. The molecule has 2 aliphatic heterocycles.